The molecule has 0 bridgehead atoms. The quantitative estimate of drug-likeness (QED) is 0.405. The second-order valence-electron chi connectivity index (χ2n) is 8.91. The van der Waals surface area contributed by atoms with Crippen molar-refractivity contribution in [1.29, 1.82) is 0 Å². The number of aromatic nitrogens is 5. The van der Waals surface area contributed by atoms with Crippen LogP contribution in [0.1, 0.15) is 52.8 Å². The third kappa shape index (κ3) is 4.80. The fourth-order valence-electron chi connectivity index (χ4n) is 4.58. The van der Waals surface area contributed by atoms with Crippen LogP contribution in [0.5, 0.6) is 0 Å². The average Bonchev–Trinajstić information content (AvgIpc) is 3.11. The maximum absolute atomic E-state index is 13.2. The van der Waals surface area contributed by atoms with E-state index in [0.717, 1.165) is 16.7 Å². The fourth-order valence-corrected chi connectivity index (χ4v) is 4.58. The zero-order valence-electron chi connectivity index (χ0n) is 19.7. The number of fused-ring (bicyclic) bond motifs is 2. The number of carbonyl (C=O) groups is 1. The van der Waals surface area contributed by atoms with Crippen molar-refractivity contribution in [3.05, 3.63) is 77.1 Å². The normalized spacial score (nSPS) is 15.9. The largest absolute Gasteiger partial charge is 0.391 e. The lowest BCUT2D eigenvalue weighted by atomic mass is 9.99. The van der Waals surface area contributed by atoms with Crippen molar-refractivity contribution in [3.63, 3.8) is 0 Å². The third-order valence-electron chi connectivity index (χ3n) is 6.60. The number of imidazole rings is 1. The van der Waals surface area contributed by atoms with Crippen LogP contribution in [0.25, 0.3) is 17.2 Å². The van der Waals surface area contributed by atoms with Crippen molar-refractivity contribution in [2.24, 2.45) is 5.92 Å². The molecule has 186 valence electrons. The molecule has 0 aliphatic heterocycles. The number of hydrogen-bond acceptors (Lipinski definition) is 5. The molecule has 1 aliphatic carbocycles. The summed E-state index contributed by atoms with van der Waals surface area (Å²) in [6.45, 7) is 2.26. The lowest BCUT2D eigenvalue weighted by Gasteiger charge is -2.17. The lowest BCUT2D eigenvalue weighted by molar-refractivity contribution is -0.177. The second kappa shape index (κ2) is 9.67. The summed E-state index contributed by atoms with van der Waals surface area (Å²) >= 11 is 0. The van der Waals surface area contributed by atoms with Crippen LogP contribution in [0.15, 0.2) is 48.9 Å². The van der Waals surface area contributed by atoms with Gasteiger partial charge in [-0.1, -0.05) is 31.2 Å². The molecular weight excluding hydrogens is 469 g/mol. The van der Waals surface area contributed by atoms with Gasteiger partial charge in [0.25, 0.3) is 5.91 Å². The summed E-state index contributed by atoms with van der Waals surface area (Å²) in [4.78, 5) is 30.5. The van der Waals surface area contributed by atoms with Gasteiger partial charge in [0.15, 0.2) is 5.82 Å². The minimum Gasteiger partial charge on any atom is -0.347 e. The van der Waals surface area contributed by atoms with Crippen LogP contribution in [0.4, 0.5) is 13.2 Å². The van der Waals surface area contributed by atoms with Gasteiger partial charge in [0, 0.05) is 36.4 Å². The monoisotopic (exact) mass is 494 g/mol. The van der Waals surface area contributed by atoms with Crippen molar-refractivity contribution >= 4 is 11.7 Å². The highest BCUT2D eigenvalue weighted by Gasteiger charge is 2.40. The number of halogens is 3. The number of rotatable bonds is 5. The van der Waals surface area contributed by atoms with Crippen LogP contribution in [0, 0.1) is 5.92 Å². The van der Waals surface area contributed by atoms with Crippen molar-refractivity contribution in [2.75, 3.05) is 0 Å². The Bertz CT molecular complexity index is 1400. The van der Waals surface area contributed by atoms with E-state index in [-0.39, 0.29) is 25.2 Å². The van der Waals surface area contributed by atoms with Crippen molar-refractivity contribution in [3.8, 4) is 11.4 Å². The predicted molar refractivity (Wildman–Crippen MR) is 127 cm³/mol. The molecule has 0 fully saturated rings. The molecule has 4 aromatic rings. The molecule has 5 rings (SSSR count). The Kier molecular flexibility index (Phi) is 6.42. The molecular formula is C26H25F3N6O. The van der Waals surface area contributed by atoms with E-state index in [4.69, 9.17) is 0 Å². The standard InChI is InChI=1S/C26H25F3N6O/c1-2-20-22(35-13-3-12-30-25(35)34-20)24(36)32-14-16-4-6-17(7-5-16)23-31-15-18-8-9-19(26(27,28)29)10-11-21(18)33-23/h3-7,12-13,15,19H,2,8-11,14H2,1H3,(H,32,36). The van der Waals surface area contributed by atoms with E-state index in [1.165, 1.54) is 0 Å². The highest BCUT2D eigenvalue weighted by atomic mass is 19.4. The van der Waals surface area contributed by atoms with Crippen molar-refractivity contribution in [1.82, 2.24) is 29.7 Å². The number of hydrogen-bond donors (Lipinski definition) is 1. The van der Waals surface area contributed by atoms with E-state index in [1.54, 1.807) is 29.1 Å². The number of alkyl halides is 3. The van der Waals surface area contributed by atoms with Crippen molar-refractivity contribution < 1.29 is 18.0 Å². The molecule has 1 atom stereocenters. The Labute approximate surface area is 205 Å². The molecule has 1 aromatic carbocycles. The van der Waals surface area contributed by atoms with Crippen LogP contribution in [-0.4, -0.2) is 36.4 Å². The topological polar surface area (TPSA) is 85.1 Å². The first-order chi connectivity index (χ1) is 17.3. The summed E-state index contributed by atoms with van der Waals surface area (Å²) in [6.07, 6.45) is 2.24. The van der Waals surface area contributed by atoms with Gasteiger partial charge in [-0.3, -0.25) is 9.20 Å². The van der Waals surface area contributed by atoms with E-state index in [2.05, 4.69) is 25.3 Å². The van der Waals surface area contributed by atoms with Crippen molar-refractivity contribution in [2.45, 2.75) is 51.7 Å². The number of carbonyl (C=O) groups excluding carboxylic acids is 1. The Morgan fingerprint density at radius 3 is 2.64 bits per heavy atom. The lowest BCUT2D eigenvalue weighted by Crippen LogP contribution is -2.25. The first-order valence-corrected chi connectivity index (χ1v) is 11.9. The fraction of sp³-hybridized carbons (Fsp3) is 0.346. The smallest absolute Gasteiger partial charge is 0.347 e. The third-order valence-corrected chi connectivity index (χ3v) is 6.60. The van der Waals surface area contributed by atoms with E-state index in [0.29, 0.717) is 48.1 Å². The molecule has 0 radical (unpaired) electrons. The summed E-state index contributed by atoms with van der Waals surface area (Å²) in [5.74, 6) is -0.559. The molecule has 3 heterocycles. The second-order valence-corrected chi connectivity index (χ2v) is 8.91. The first kappa shape index (κ1) is 23.9. The number of aryl methyl sites for hydroxylation is 3. The molecule has 0 saturated heterocycles. The minimum absolute atomic E-state index is 0.0495. The highest BCUT2D eigenvalue weighted by molar-refractivity contribution is 5.94. The number of nitrogens with one attached hydrogen (secondary N) is 1. The molecule has 3 aromatic heterocycles. The Balaban J connectivity index is 1.27. The summed E-state index contributed by atoms with van der Waals surface area (Å²) < 4.78 is 41.2. The highest BCUT2D eigenvalue weighted by Crippen LogP contribution is 2.36. The molecule has 1 unspecified atom stereocenters. The first-order valence-electron chi connectivity index (χ1n) is 11.9. The van der Waals surface area contributed by atoms with E-state index >= 15 is 0 Å². The maximum atomic E-state index is 13.2. The molecule has 0 spiro atoms. The Morgan fingerprint density at radius 2 is 1.89 bits per heavy atom. The van der Waals surface area contributed by atoms with E-state index in [1.807, 2.05) is 31.2 Å². The molecule has 1 N–H and O–H groups in total. The van der Waals surface area contributed by atoms with E-state index < -0.39 is 12.1 Å². The van der Waals surface area contributed by atoms with Gasteiger partial charge in [0.1, 0.15) is 5.69 Å². The maximum Gasteiger partial charge on any atom is 0.391 e. The molecule has 0 saturated carbocycles. The van der Waals surface area contributed by atoms with Gasteiger partial charge in [-0.25, -0.2) is 19.9 Å². The zero-order chi connectivity index (χ0) is 25.3. The van der Waals surface area contributed by atoms with Crippen LogP contribution >= 0.6 is 0 Å². The summed E-state index contributed by atoms with van der Waals surface area (Å²) in [5.41, 5.74) is 4.30. The summed E-state index contributed by atoms with van der Waals surface area (Å²) in [5, 5.41) is 2.94. The van der Waals surface area contributed by atoms with Gasteiger partial charge in [-0.15, -0.1) is 0 Å². The van der Waals surface area contributed by atoms with Crippen LogP contribution in [-0.2, 0) is 25.8 Å². The minimum atomic E-state index is -4.18. The van der Waals surface area contributed by atoms with Crippen LogP contribution < -0.4 is 5.32 Å². The van der Waals surface area contributed by atoms with Gasteiger partial charge < -0.3 is 5.32 Å². The van der Waals surface area contributed by atoms with Gasteiger partial charge in [-0.05, 0) is 49.3 Å². The number of amides is 1. The number of nitrogens with zero attached hydrogens (tertiary/aromatic N) is 5. The van der Waals surface area contributed by atoms with Gasteiger partial charge >= 0.3 is 6.18 Å². The van der Waals surface area contributed by atoms with Gasteiger partial charge in [0.2, 0.25) is 5.78 Å². The SMILES string of the molecule is CCc1nc2ncccn2c1C(=O)NCc1ccc(-c2ncc3c(n2)CCC(C(F)(F)F)CC3)cc1. The summed E-state index contributed by atoms with van der Waals surface area (Å²) in [7, 11) is 0. The van der Waals surface area contributed by atoms with E-state index in [9.17, 15) is 18.0 Å². The Hall–Kier alpha value is -3.82. The molecule has 1 amide bonds. The zero-order valence-corrected chi connectivity index (χ0v) is 19.7. The molecule has 10 heteroatoms. The summed E-state index contributed by atoms with van der Waals surface area (Å²) in [6, 6.07) is 9.22. The average molecular weight is 495 g/mol. The van der Waals surface area contributed by atoms with Crippen LogP contribution in [0.2, 0.25) is 0 Å². The Morgan fingerprint density at radius 1 is 1.11 bits per heavy atom. The van der Waals surface area contributed by atoms with Gasteiger partial charge in [0.05, 0.1) is 11.6 Å². The van der Waals surface area contributed by atoms with Gasteiger partial charge in [-0.2, -0.15) is 13.2 Å². The molecule has 36 heavy (non-hydrogen) atoms. The molecule has 7 nitrogen and oxygen atoms in total. The number of benzene rings is 1. The molecule has 1 aliphatic rings. The predicted octanol–water partition coefficient (Wildman–Crippen LogP) is 4.74. The van der Waals surface area contributed by atoms with Crippen LogP contribution in [0.3, 0.4) is 0 Å².